The number of pyridine rings is 1. The molecule has 2 aromatic rings. The van der Waals surface area contributed by atoms with Crippen molar-refractivity contribution in [2.75, 3.05) is 0 Å². The Labute approximate surface area is 96.6 Å². The predicted molar refractivity (Wildman–Crippen MR) is 55.5 cm³/mol. The molecule has 0 spiro atoms. The molecule has 0 radical (unpaired) electrons. The molecule has 0 bridgehead atoms. The van der Waals surface area contributed by atoms with E-state index in [2.05, 4.69) is 9.97 Å². The summed E-state index contributed by atoms with van der Waals surface area (Å²) in [6.45, 7) is 0. The Morgan fingerprint density at radius 3 is 2.53 bits per heavy atom. The van der Waals surface area contributed by atoms with Crippen LogP contribution in [0.15, 0.2) is 24.7 Å². The summed E-state index contributed by atoms with van der Waals surface area (Å²) in [7, 11) is 0. The fourth-order valence-electron chi connectivity index (χ4n) is 1.36. The van der Waals surface area contributed by atoms with Gasteiger partial charge in [0, 0.05) is 6.20 Å². The maximum atomic E-state index is 8.96. The van der Waals surface area contributed by atoms with Crippen LogP contribution < -0.4 is 0 Å². The van der Waals surface area contributed by atoms with E-state index in [1.165, 1.54) is 23.2 Å². The number of aromatic nitrogens is 3. The van der Waals surface area contributed by atoms with Crippen LogP contribution in [0.3, 0.4) is 0 Å². The molecule has 6 nitrogen and oxygen atoms in total. The zero-order valence-corrected chi connectivity index (χ0v) is 8.49. The molecule has 0 atom stereocenters. The SMILES string of the molecule is N#Cc1cc(-n2cnc(C#N)c2C#N)ccn1. The third kappa shape index (κ3) is 1.69. The summed E-state index contributed by atoms with van der Waals surface area (Å²) in [6, 6.07) is 8.79. The number of nitriles is 3. The normalized spacial score (nSPS) is 9.00. The summed E-state index contributed by atoms with van der Waals surface area (Å²) < 4.78 is 1.45. The average molecular weight is 220 g/mol. The Kier molecular flexibility index (Phi) is 2.52. The van der Waals surface area contributed by atoms with Crippen LogP contribution in [0.5, 0.6) is 0 Å². The Hall–Kier alpha value is -3.17. The van der Waals surface area contributed by atoms with E-state index in [4.69, 9.17) is 15.8 Å². The van der Waals surface area contributed by atoms with Gasteiger partial charge in [0.1, 0.15) is 30.2 Å². The molecule has 0 N–H and O–H groups in total. The first kappa shape index (κ1) is 10.4. The quantitative estimate of drug-likeness (QED) is 0.709. The first-order valence-electron chi connectivity index (χ1n) is 4.54. The second-order valence-electron chi connectivity index (χ2n) is 3.05. The van der Waals surface area contributed by atoms with Gasteiger partial charge < -0.3 is 0 Å². The smallest absolute Gasteiger partial charge is 0.177 e. The van der Waals surface area contributed by atoms with Gasteiger partial charge in [-0.2, -0.15) is 15.8 Å². The molecule has 0 amide bonds. The average Bonchev–Trinajstić information content (AvgIpc) is 2.81. The molecule has 0 aliphatic rings. The Balaban J connectivity index is 2.63. The van der Waals surface area contributed by atoms with Gasteiger partial charge in [-0.1, -0.05) is 0 Å². The minimum atomic E-state index is 0.0582. The molecular weight excluding hydrogens is 216 g/mol. The topological polar surface area (TPSA) is 102 Å². The number of imidazole rings is 1. The van der Waals surface area contributed by atoms with E-state index in [9.17, 15) is 0 Å². The first-order valence-corrected chi connectivity index (χ1v) is 4.54. The van der Waals surface area contributed by atoms with E-state index < -0.39 is 0 Å². The van der Waals surface area contributed by atoms with Gasteiger partial charge in [0.15, 0.2) is 11.4 Å². The number of nitrogens with zero attached hydrogens (tertiary/aromatic N) is 6. The van der Waals surface area contributed by atoms with Gasteiger partial charge in [-0.25, -0.2) is 9.97 Å². The second-order valence-corrected chi connectivity index (χ2v) is 3.05. The maximum absolute atomic E-state index is 8.96. The van der Waals surface area contributed by atoms with E-state index in [1.807, 2.05) is 18.2 Å². The van der Waals surface area contributed by atoms with Crippen LogP contribution in [-0.2, 0) is 0 Å². The molecule has 78 valence electrons. The van der Waals surface area contributed by atoms with Crippen molar-refractivity contribution in [2.24, 2.45) is 0 Å². The van der Waals surface area contributed by atoms with Crippen LogP contribution in [0.25, 0.3) is 5.69 Å². The lowest BCUT2D eigenvalue weighted by Gasteiger charge is -2.02. The van der Waals surface area contributed by atoms with Gasteiger partial charge in [0.05, 0.1) is 5.69 Å². The molecule has 0 aliphatic carbocycles. The van der Waals surface area contributed by atoms with Crippen molar-refractivity contribution in [1.29, 1.82) is 15.8 Å². The van der Waals surface area contributed by atoms with E-state index in [-0.39, 0.29) is 17.1 Å². The van der Waals surface area contributed by atoms with E-state index in [0.29, 0.717) is 5.69 Å². The van der Waals surface area contributed by atoms with Gasteiger partial charge in [0.25, 0.3) is 0 Å². The van der Waals surface area contributed by atoms with E-state index >= 15 is 0 Å². The summed E-state index contributed by atoms with van der Waals surface area (Å²) in [5, 5.41) is 26.5. The lowest BCUT2D eigenvalue weighted by molar-refractivity contribution is 1.02. The minimum Gasteiger partial charge on any atom is -0.289 e. The zero-order valence-electron chi connectivity index (χ0n) is 8.49. The molecule has 0 fully saturated rings. The Morgan fingerprint density at radius 2 is 1.88 bits per heavy atom. The highest BCUT2D eigenvalue weighted by atomic mass is 15.1. The van der Waals surface area contributed by atoms with Gasteiger partial charge in [0.2, 0.25) is 0 Å². The molecule has 0 aromatic carbocycles. The van der Waals surface area contributed by atoms with Crippen LogP contribution >= 0.6 is 0 Å². The number of hydrogen-bond donors (Lipinski definition) is 0. The summed E-state index contributed by atoms with van der Waals surface area (Å²) in [4.78, 5) is 7.64. The largest absolute Gasteiger partial charge is 0.289 e. The second kappa shape index (κ2) is 4.14. The van der Waals surface area contributed by atoms with Gasteiger partial charge in [-0.3, -0.25) is 4.57 Å². The summed E-state index contributed by atoms with van der Waals surface area (Å²) in [5.41, 5.74) is 1.01. The standard InChI is InChI=1S/C11H4N6/c12-4-8-3-9(1-2-15-8)17-7-16-10(5-13)11(17)6-14/h1-3,7H. The van der Waals surface area contributed by atoms with Crippen molar-refractivity contribution >= 4 is 0 Å². The highest BCUT2D eigenvalue weighted by Gasteiger charge is 2.11. The molecule has 0 aliphatic heterocycles. The van der Waals surface area contributed by atoms with Crippen molar-refractivity contribution in [2.45, 2.75) is 0 Å². The summed E-state index contributed by atoms with van der Waals surface area (Å²) in [6.07, 6.45) is 2.83. The molecule has 2 aromatic heterocycles. The van der Waals surface area contributed by atoms with Crippen LogP contribution in [0, 0.1) is 34.0 Å². The van der Waals surface area contributed by atoms with Crippen molar-refractivity contribution < 1.29 is 0 Å². The van der Waals surface area contributed by atoms with Crippen molar-refractivity contribution in [1.82, 2.24) is 14.5 Å². The molecule has 0 unspecified atom stereocenters. The summed E-state index contributed by atoms with van der Waals surface area (Å²) >= 11 is 0. The van der Waals surface area contributed by atoms with Crippen molar-refractivity contribution in [3.63, 3.8) is 0 Å². The molecule has 0 saturated carbocycles. The third-order valence-electron chi connectivity index (χ3n) is 2.12. The number of hydrogen-bond acceptors (Lipinski definition) is 5. The molecule has 6 heteroatoms. The lowest BCUT2D eigenvalue weighted by atomic mass is 10.3. The predicted octanol–water partition coefficient (Wildman–Crippen LogP) is 0.882. The molecule has 2 heterocycles. The van der Waals surface area contributed by atoms with E-state index in [1.54, 1.807) is 6.07 Å². The fraction of sp³-hybridized carbons (Fsp3) is 0. The Morgan fingerprint density at radius 1 is 1.06 bits per heavy atom. The zero-order chi connectivity index (χ0) is 12.3. The van der Waals surface area contributed by atoms with Crippen LogP contribution in [0.2, 0.25) is 0 Å². The first-order chi connectivity index (χ1) is 8.30. The number of rotatable bonds is 1. The minimum absolute atomic E-state index is 0.0582. The van der Waals surface area contributed by atoms with Crippen molar-refractivity contribution in [3.8, 4) is 23.9 Å². The maximum Gasteiger partial charge on any atom is 0.177 e. The van der Waals surface area contributed by atoms with Crippen LogP contribution in [0.4, 0.5) is 0 Å². The lowest BCUT2D eigenvalue weighted by Crippen LogP contribution is -1.97. The molecule has 2 rings (SSSR count). The van der Waals surface area contributed by atoms with Crippen LogP contribution in [0.1, 0.15) is 17.1 Å². The Bertz CT molecular complexity index is 692. The van der Waals surface area contributed by atoms with Gasteiger partial charge in [-0.05, 0) is 12.1 Å². The van der Waals surface area contributed by atoms with Gasteiger partial charge >= 0.3 is 0 Å². The molecule has 0 saturated heterocycles. The summed E-state index contributed by atoms with van der Waals surface area (Å²) in [5.74, 6) is 0. The van der Waals surface area contributed by atoms with Crippen molar-refractivity contribution in [3.05, 3.63) is 41.7 Å². The molecule has 17 heavy (non-hydrogen) atoms. The van der Waals surface area contributed by atoms with E-state index in [0.717, 1.165) is 0 Å². The molecular formula is C11H4N6. The monoisotopic (exact) mass is 220 g/mol. The highest BCUT2D eigenvalue weighted by molar-refractivity contribution is 5.45. The van der Waals surface area contributed by atoms with Crippen LogP contribution in [-0.4, -0.2) is 14.5 Å². The van der Waals surface area contributed by atoms with Gasteiger partial charge in [-0.15, -0.1) is 0 Å². The third-order valence-corrected chi connectivity index (χ3v) is 2.12. The highest BCUT2D eigenvalue weighted by Crippen LogP contribution is 2.13. The fourth-order valence-corrected chi connectivity index (χ4v) is 1.36.